The number of halogens is 2. The SMILES string of the molecule is COc1cc(C=C2CCc3ccccc3C2=O)ccc1OCc1ccc(Cl)cc1Cl. The first kappa shape index (κ1) is 20.5. The molecule has 0 fully saturated rings. The molecule has 0 bridgehead atoms. The summed E-state index contributed by atoms with van der Waals surface area (Å²) in [6.45, 7) is 0.294. The summed E-state index contributed by atoms with van der Waals surface area (Å²) in [6.07, 6.45) is 3.53. The van der Waals surface area contributed by atoms with Crippen molar-refractivity contribution in [2.24, 2.45) is 0 Å². The minimum Gasteiger partial charge on any atom is -0.493 e. The minimum atomic E-state index is 0.0912. The van der Waals surface area contributed by atoms with Crippen molar-refractivity contribution in [3.8, 4) is 11.5 Å². The Bertz CT molecular complexity index is 1130. The van der Waals surface area contributed by atoms with Crippen LogP contribution in [0.3, 0.4) is 0 Å². The monoisotopic (exact) mass is 438 g/mol. The highest BCUT2D eigenvalue weighted by Gasteiger charge is 2.21. The molecule has 0 aliphatic heterocycles. The smallest absolute Gasteiger partial charge is 0.189 e. The number of ether oxygens (including phenoxy) is 2. The molecule has 4 rings (SSSR count). The van der Waals surface area contributed by atoms with Gasteiger partial charge in [-0.05, 0) is 54.3 Å². The van der Waals surface area contributed by atoms with E-state index in [1.165, 1.54) is 0 Å². The first-order valence-electron chi connectivity index (χ1n) is 9.63. The summed E-state index contributed by atoms with van der Waals surface area (Å²) >= 11 is 12.2. The van der Waals surface area contributed by atoms with Crippen LogP contribution in [0.2, 0.25) is 10.0 Å². The van der Waals surface area contributed by atoms with Crippen molar-refractivity contribution in [2.75, 3.05) is 7.11 Å². The summed E-state index contributed by atoms with van der Waals surface area (Å²) < 4.78 is 11.4. The third-order valence-electron chi connectivity index (χ3n) is 5.14. The molecular weight excluding hydrogens is 419 g/mol. The Morgan fingerprint density at radius 2 is 1.80 bits per heavy atom. The third kappa shape index (κ3) is 4.38. The molecule has 3 nitrogen and oxygen atoms in total. The van der Waals surface area contributed by atoms with Gasteiger partial charge in [0, 0.05) is 26.7 Å². The topological polar surface area (TPSA) is 35.5 Å². The van der Waals surface area contributed by atoms with E-state index < -0.39 is 0 Å². The van der Waals surface area contributed by atoms with Crippen molar-refractivity contribution in [1.29, 1.82) is 0 Å². The number of aryl methyl sites for hydroxylation is 1. The lowest BCUT2D eigenvalue weighted by Gasteiger charge is -2.17. The number of carbonyl (C=O) groups is 1. The van der Waals surface area contributed by atoms with Gasteiger partial charge in [-0.3, -0.25) is 4.79 Å². The van der Waals surface area contributed by atoms with Crippen LogP contribution in [0, 0.1) is 0 Å². The van der Waals surface area contributed by atoms with Gasteiger partial charge in [0.2, 0.25) is 0 Å². The van der Waals surface area contributed by atoms with Crippen LogP contribution in [0.1, 0.15) is 33.5 Å². The van der Waals surface area contributed by atoms with Crippen molar-refractivity contribution in [3.05, 3.63) is 98.5 Å². The van der Waals surface area contributed by atoms with Crippen LogP contribution in [0.5, 0.6) is 11.5 Å². The highest BCUT2D eigenvalue weighted by Crippen LogP contribution is 2.32. The lowest BCUT2D eigenvalue weighted by atomic mass is 9.86. The zero-order valence-corrected chi connectivity index (χ0v) is 18.0. The molecule has 0 saturated carbocycles. The van der Waals surface area contributed by atoms with E-state index in [1.807, 2.05) is 54.6 Å². The number of benzene rings is 3. The molecule has 0 N–H and O–H groups in total. The van der Waals surface area contributed by atoms with Crippen molar-refractivity contribution >= 4 is 35.1 Å². The maximum Gasteiger partial charge on any atom is 0.189 e. The second-order valence-corrected chi connectivity index (χ2v) is 7.93. The van der Waals surface area contributed by atoms with Gasteiger partial charge in [0.25, 0.3) is 0 Å². The predicted molar refractivity (Wildman–Crippen MR) is 121 cm³/mol. The fraction of sp³-hybridized carbons (Fsp3) is 0.160. The quantitative estimate of drug-likeness (QED) is 0.411. The van der Waals surface area contributed by atoms with Crippen molar-refractivity contribution in [1.82, 2.24) is 0 Å². The number of carbonyl (C=O) groups excluding carboxylic acids is 1. The van der Waals surface area contributed by atoms with Crippen molar-refractivity contribution < 1.29 is 14.3 Å². The second kappa shape index (κ2) is 8.95. The van der Waals surface area contributed by atoms with Gasteiger partial charge in [0.15, 0.2) is 17.3 Å². The molecule has 0 unspecified atom stereocenters. The lowest BCUT2D eigenvalue weighted by Crippen LogP contribution is -2.13. The molecule has 0 saturated heterocycles. The second-order valence-electron chi connectivity index (χ2n) is 7.09. The molecule has 0 radical (unpaired) electrons. The van der Waals surface area contributed by atoms with Gasteiger partial charge in [-0.15, -0.1) is 0 Å². The van der Waals surface area contributed by atoms with Gasteiger partial charge in [-0.1, -0.05) is 59.6 Å². The fourth-order valence-electron chi connectivity index (χ4n) is 3.54. The summed E-state index contributed by atoms with van der Waals surface area (Å²) in [5, 5.41) is 1.14. The average molecular weight is 439 g/mol. The highest BCUT2D eigenvalue weighted by molar-refractivity contribution is 6.35. The van der Waals surface area contributed by atoms with Crippen LogP contribution < -0.4 is 9.47 Å². The zero-order chi connectivity index (χ0) is 21.1. The number of methoxy groups -OCH3 is 1. The normalized spacial score (nSPS) is 14.5. The van der Waals surface area contributed by atoms with E-state index in [0.717, 1.165) is 40.7 Å². The van der Waals surface area contributed by atoms with Crippen LogP contribution in [-0.4, -0.2) is 12.9 Å². The summed E-state index contributed by atoms with van der Waals surface area (Å²) in [4.78, 5) is 12.8. The Morgan fingerprint density at radius 3 is 2.60 bits per heavy atom. The minimum absolute atomic E-state index is 0.0912. The number of allylic oxidation sites excluding steroid dienone is 1. The highest BCUT2D eigenvalue weighted by atomic mass is 35.5. The number of ketones is 1. The molecule has 1 aliphatic carbocycles. The van der Waals surface area contributed by atoms with E-state index in [0.29, 0.717) is 28.2 Å². The third-order valence-corrected chi connectivity index (χ3v) is 5.73. The maximum atomic E-state index is 12.8. The number of hydrogen-bond acceptors (Lipinski definition) is 3. The van der Waals surface area contributed by atoms with Gasteiger partial charge < -0.3 is 9.47 Å². The molecule has 3 aromatic carbocycles. The van der Waals surface area contributed by atoms with Crippen LogP contribution in [0.4, 0.5) is 0 Å². The van der Waals surface area contributed by atoms with Crippen LogP contribution in [0.15, 0.2) is 66.2 Å². The van der Waals surface area contributed by atoms with E-state index in [4.69, 9.17) is 32.7 Å². The van der Waals surface area contributed by atoms with Crippen molar-refractivity contribution in [2.45, 2.75) is 19.4 Å². The Labute approximate surface area is 185 Å². The first-order valence-corrected chi connectivity index (χ1v) is 10.4. The summed E-state index contributed by atoms with van der Waals surface area (Å²) in [7, 11) is 1.59. The summed E-state index contributed by atoms with van der Waals surface area (Å²) in [5.74, 6) is 1.29. The van der Waals surface area contributed by atoms with E-state index in [2.05, 4.69) is 0 Å². The molecule has 152 valence electrons. The van der Waals surface area contributed by atoms with E-state index >= 15 is 0 Å². The first-order chi connectivity index (χ1) is 14.5. The van der Waals surface area contributed by atoms with Crippen molar-refractivity contribution in [3.63, 3.8) is 0 Å². The molecule has 5 heteroatoms. The van der Waals surface area contributed by atoms with Gasteiger partial charge in [-0.2, -0.15) is 0 Å². The molecule has 0 aromatic heterocycles. The number of hydrogen-bond donors (Lipinski definition) is 0. The van der Waals surface area contributed by atoms with Gasteiger partial charge >= 0.3 is 0 Å². The molecule has 0 atom stereocenters. The average Bonchev–Trinajstić information content (AvgIpc) is 2.76. The molecule has 30 heavy (non-hydrogen) atoms. The fourth-order valence-corrected chi connectivity index (χ4v) is 4.01. The van der Waals surface area contributed by atoms with Crippen LogP contribution >= 0.6 is 23.2 Å². The maximum absolute atomic E-state index is 12.8. The molecule has 0 heterocycles. The molecule has 0 amide bonds. The van der Waals surface area contributed by atoms with Crippen LogP contribution in [0.25, 0.3) is 6.08 Å². The molecular formula is C25H20Cl2O3. The molecule has 0 spiro atoms. The number of fused-ring (bicyclic) bond motifs is 1. The number of rotatable bonds is 5. The number of Topliss-reactive ketones (excluding diaryl/α,β-unsaturated/α-hetero) is 1. The Hall–Kier alpha value is -2.75. The van der Waals surface area contributed by atoms with Gasteiger partial charge in [0.1, 0.15) is 6.61 Å². The standard InChI is InChI=1S/C25H20Cl2O3/c1-29-24-13-16(12-18-8-7-17-4-2-3-5-21(17)25(18)28)6-11-23(24)30-15-19-9-10-20(26)14-22(19)27/h2-6,9-14H,7-8,15H2,1H3. The predicted octanol–water partition coefficient (Wildman–Crippen LogP) is 6.79. The Kier molecular flexibility index (Phi) is 6.12. The summed E-state index contributed by atoms with van der Waals surface area (Å²) in [6, 6.07) is 18.7. The summed E-state index contributed by atoms with van der Waals surface area (Å²) in [5.41, 5.74) is 4.44. The lowest BCUT2D eigenvalue weighted by molar-refractivity contribution is 0.102. The molecule has 1 aliphatic rings. The molecule has 3 aromatic rings. The van der Waals surface area contributed by atoms with Gasteiger partial charge in [0.05, 0.1) is 7.11 Å². The van der Waals surface area contributed by atoms with E-state index in [9.17, 15) is 4.79 Å². The van der Waals surface area contributed by atoms with Gasteiger partial charge in [-0.25, -0.2) is 0 Å². The Balaban J connectivity index is 1.54. The zero-order valence-electron chi connectivity index (χ0n) is 16.5. The Morgan fingerprint density at radius 1 is 0.967 bits per heavy atom. The van der Waals surface area contributed by atoms with E-state index in [1.54, 1.807) is 19.2 Å². The largest absolute Gasteiger partial charge is 0.493 e. The van der Waals surface area contributed by atoms with E-state index in [-0.39, 0.29) is 5.78 Å². The van der Waals surface area contributed by atoms with Crippen LogP contribution in [-0.2, 0) is 13.0 Å².